The summed E-state index contributed by atoms with van der Waals surface area (Å²) < 4.78 is 50.9. The molecule has 3 nitrogen and oxygen atoms in total. The van der Waals surface area contributed by atoms with E-state index in [2.05, 4.69) is 5.32 Å². The van der Waals surface area contributed by atoms with Crippen molar-refractivity contribution in [1.29, 1.82) is 0 Å². The molecule has 0 unspecified atom stereocenters. The number of anilines is 1. The van der Waals surface area contributed by atoms with Gasteiger partial charge in [0.25, 0.3) is 0 Å². The van der Waals surface area contributed by atoms with Crippen molar-refractivity contribution in [3.63, 3.8) is 0 Å². The minimum absolute atomic E-state index is 0. The number of amides is 1. The zero-order valence-corrected chi connectivity index (χ0v) is 12.4. The zero-order chi connectivity index (χ0) is 15.6. The fourth-order valence-electron chi connectivity index (χ4n) is 2.59. The van der Waals surface area contributed by atoms with E-state index in [0.29, 0.717) is 12.1 Å². The lowest BCUT2D eigenvalue weighted by molar-refractivity contribution is -0.140. The molecular formula is C14H17ClF4N2O. The van der Waals surface area contributed by atoms with E-state index >= 15 is 0 Å². The molecule has 8 heteroatoms. The average molecular weight is 341 g/mol. The number of hydrogen-bond donors (Lipinski definition) is 2. The molecule has 124 valence electrons. The Kier molecular flexibility index (Phi) is 6.19. The third-order valence-corrected chi connectivity index (χ3v) is 3.72. The molecule has 0 heterocycles. The quantitative estimate of drug-likeness (QED) is 0.824. The summed E-state index contributed by atoms with van der Waals surface area (Å²) in [5, 5.41) is 2.37. The summed E-state index contributed by atoms with van der Waals surface area (Å²) in [7, 11) is 0. The van der Waals surface area contributed by atoms with E-state index in [4.69, 9.17) is 5.73 Å². The second-order valence-corrected chi connectivity index (χ2v) is 5.30. The largest absolute Gasteiger partial charge is 0.419 e. The molecule has 0 saturated heterocycles. The van der Waals surface area contributed by atoms with E-state index in [0.717, 1.165) is 25.3 Å². The summed E-state index contributed by atoms with van der Waals surface area (Å²) in [5.41, 5.74) is 4.38. The molecule has 1 amide bonds. The molecule has 0 radical (unpaired) electrons. The van der Waals surface area contributed by atoms with E-state index in [-0.39, 0.29) is 36.5 Å². The Bertz CT molecular complexity index is 536. The Morgan fingerprint density at radius 1 is 1.32 bits per heavy atom. The average Bonchev–Trinajstić information content (AvgIpc) is 2.76. The number of nitrogens with two attached hydrogens (primary N) is 1. The van der Waals surface area contributed by atoms with Crippen LogP contribution in [-0.2, 0) is 11.0 Å². The molecule has 0 bridgehead atoms. The van der Waals surface area contributed by atoms with Crippen LogP contribution in [0.1, 0.15) is 31.2 Å². The van der Waals surface area contributed by atoms with Crippen molar-refractivity contribution in [2.24, 2.45) is 11.7 Å². The first kappa shape index (κ1) is 18.7. The van der Waals surface area contributed by atoms with E-state index < -0.39 is 23.5 Å². The topological polar surface area (TPSA) is 55.1 Å². The predicted molar refractivity (Wildman–Crippen MR) is 77.2 cm³/mol. The van der Waals surface area contributed by atoms with Crippen molar-refractivity contribution in [2.45, 2.75) is 37.9 Å². The highest BCUT2D eigenvalue weighted by Gasteiger charge is 2.34. The van der Waals surface area contributed by atoms with Crippen LogP contribution in [0.15, 0.2) is 18.2 Å². The molecule has 2 atom stereocenters. The maximum Gasteiger partial charge on any atom is 0.419 e. The van der Waals surface area contributed by atoms with Gasteiger partial charge < -0.3 is 11.1 Å². The van der Waals surface area contributed by atoms with Crippen LogP contribution in [0.4, 0.5) is 23.2 Å². The van der Waals surface area contributed by atoms with Gasteiger partial charge in [0.15, 0.2) is 0 Å². The molecular weight excluding hydrogens is 324 g/mol. The highest BCUT2D eigenvalue weighted by atomic mass is 35.5. The maximum absolute atomic E-state index is 13.1. The van der Waals surface area contributed by atoms with Gasteiger partial charge in [0.1, 0.15) is 5.82 Å². The number of nitrogens with one attached hydrogen (secondary N) is 1. The van der Waals surface area contributed by atoms with Crippen molar-refractivity contribution >= 4 is 24.0 Å². The summed E-state index contributed by atoms with van der Waals surface area (Å²) in [5.74, 6) is -1.72. The van der Waals surface area contributed by atoms with E-state index in [9.17, 15) is 22.4 Å². The van der Waals surface area contributed by atoms with Crippen LogP contribution in [0.25, 0.3) is 0 Å². The lowest BCUT2D eigenvalue weighted by atomic mass is 10.00. The lowest BCUT2D eigenvalue weighted by Gasteiger charge is -2.15. The van der Waals surface area contributed by atoms with Gasteiger partial charge in [-0.15, -0.1) is 12.4 Å². The van der Waals surface area contributed by atoms with Gasteiger partial charge in [-0.2, -0.15) is 13.2 Å². The fourth-order valence-corrected chi connectivity index (χ4v) is 2.59. The van der Waals surface area contributed by atoms with E-state index in [1.807, 2.05) is 0 Å². The molecule has 1 saturated carbocycles. The van der Waals surface area contributed by atoms with Crippen LogP contribution < -0.4 is 11.1 Å². The van der Waals surface area contributed by atoms with Crippen LogP contribution >= 0.6 is 12.4 Å². The van der Waals surface area contributed by atoms with Gasteiger partial charge >= 0.3 is 6.18 Å². The van der Waals surface area contributed by atoms with Crippen LogP contribution in [0.2, 0.25) is 0 Å². The normalized spacial score (nSPS) is 21.3. The Labute approximate surface area is 131 Å². The highest BCUT2D eigenvalue weighted by molar-refractivity contribution is 5.91. The molecule has 0 spiro atoms. The minimum Gasteiger partial charge on any atom is -0.327 e. The molecule has 3 N–H and O–H groups in total. The van der Waals surface area contributed by atoms with Crippen molar-refractivity contribution in [2.75, 3.05) is 5.32 Å². The van der Waals surface area contributed by atoms with Crippen molar-refractivity contribution in [1.82, 2.24) is 0 Å². The number of rotatable bonds is 3. The third kappa shape index (κ3) is 4.58. The van der Waals surface area contributed by atoms with E-state index in [1.165, 1.54) is 0 Å². The first-order valence-electron chi connectivity index (χ1n) is 6.69. The Balaban J connectivity index is 0.00000242. The Morgan fingerprint density at radius 2 is 2.00 bits per heavy atom. The molecule has 0 aromatic heterocycles. The molecule has 1 aromatic rings. The first-order valence-corrected chi connectivity index (χ1v) is 6.69. The predicted octanol–water partition coefficient (Wildman–Crippen LogP) is 3.72. The molecule has 2 rings (SSSR count). The lowest BCUT2D eigenvalue weighted by Crippen LogP contribution is -2.28. The van der Waals surface area contributed by atoms with E-state index in [1.54, 1.807) is 0 Å². The van der Waals surface area contributed by atoms with Gasteiger partial charge in [-0.05, 0) is 37.0 Å². The van der Waals surface area contributed by atoms with Crippen LogP contribution in [0.5, 0.6) is 0 Å². The summed E-state index contributed by atoms with van der Waals surface area (Å²) >= 11 is 0. The standard InChI is InChI=1S/C14H16F4N2O.ClH/c15-11-5-4-9(7-10(11)14(16,17)18)20-13(21)6-8-2-1-3-12(8)19;/h4-5,7-8,12H,1-3,6,19H2,(H,20,21);1H/t8-,12+;/m0./s1. The molecule has 1 aliphatic carbocycles. The molecule has 1 aliphatic rings. The SMILES string of the molecule is Cl.N[C@@H]1CCC[C@H]1CC(=O)Nc1ccc(F)c(C(F)(F)F)c1. The number of carbonyl (C=O) groups excluding carboxylic acids is 1. The third-order valence-electron chi connectivity index (χ3n) is 3.72. The fraction of sp³-hybridized carbons (Fsp3) is 0.500. The second kappa shape index (κ2) is 7.28. The van der Waals surface area contributed by atoms with Gasteiger partial charge in [-0.25, -0.2) is 4.39 Å². The zero-order valence-electron chi connectivity index (χ0n) is 11.6. The second-order valence-electron chi connectivity index (χ2n) is 5.30. The maximum atomic E-state index is 13.1. The van der Waals surface area contributed by atoms with Gasteiger partial charge in [-0.3, -0.25) is 4.79 Å². The van der Waals surface area contributed by atoms with Crippen molar-refractivity contribution < 1.29 is 22.4 Å². The number of carbonyl (C=O) groups is 1. The van der Waals surface area contributed by atoms with Gasteiger partial charge in [-0.1, -0.05) is 6.42 Å². The number of benzene rings is 1. The molecule has 0 aliphatic heterocycles. The van der Waals surface area contributed by atoms with Crippen molar-refractivity contribution in [3.05, 3.63) is 29.6 Å². The first-order chi connectivity index (χ1) is 9.77. The highest BCUT2D eigenvalue weighted by Crippen LogP contribution is 2.33. The van der Waals surface area contributed by atoms with Crippen LogP contribution in [0.3, 0.4) is 0 Å². The smallest absolute Gasteiger partial charge is 0.327 e. The van der Waals surface area contributed by atoms with Crippen LogP contribution in [0, 0.1) is 11.7 Å². The van der Waals surface area contributed by atoms with Gasteiger partial charge in [0.05, 0.1) is 5.56 Å². The molecule has 1 aromatic carbocycles. The molecule has 1 fully saturated rings. The monoisotopic (exact) mass is 340 g/mol. The van der Waals surface area contributed by atoms with Gasteiger partial charge in [0, 0.05) is 18.2 Å². The summed E-state index contributed by atoms with van der Waals surface area (Å²) in [6.45, 7) is 0. The number of halogens is 5. The molecule has 22 heavy (non-hydrogen) atoms. The Morgan fingerprint density at radius 3 is 2.55 bits per heavy atom. The number of alkyl halides is 3. The summed E-state index contributed by atoms with van der Waals surface area (Å²) in [6, 6.07) is 2.35. The summed E-state index contributed by atoms with van der Waals surface area (Å²) in [6.07, 6.45) is -1.98. The number of hydrogen-bond acceptors (Lipinski definition) is 2. The van der Waals surface area contributed by atoms with Crippen molar-refractivity contribution in [3.8, 4) is 0 Å². The summed E-state index contributed by atoms with van der Waals surface area (Å²) in [4.78, 5) is 11.8. The minimum atomic E-state index is -4.79. The Hall–Kier alpha value is -1.34. The van der Waals surface area contributed by atoms with Gasteiger partial charge in [0.2, 0.25) is 5.91 Å². The van der Waals surface area contributed by atoms with Crippen LogP contribution in [-0.4, -0.2) is 11.9 Å².